The van der Waals surface area contributed by atoms with Crippen molar-refractivity contribution in [3.05, 3.63) is 48.0 Å². The number of nitrogens with one attached hydrogen (secondary N) is 1. The number of carbonyl (C=O) groups excluding carboxylic acids is 2. The van der Waals surface area contributed by atoms with Crippen LogP contribution in [0.1, 0.15) is 6.42 Å². The first-order chi connectivity index (χ1) is 13.0. The number of hydrogen-bond acceptors (Lipinski definition) is 6. The number of anilines is 2. The Morgan fingerprint density at radius 2 is 1.67 bits per heavy atom. The van der Waals surface area contributed by atoms with Crippen LogP contribution in [0.15, 0.2) is 52.9 Å². The van der Waals surface area contributed by atoms with Gasteiger partial charge in [0.05, 0.1) is 22.4 Å². The third kappa shape index (κ3) is 2.45. The van der Waals surface area contributed by atoms with Crippen molar-refractivity contribution in [2.45, 2.75) is 11.3 Å². The van der Waals surface area contributed by atoms with Crippen molar-refractivity contribution in [2.24, 2.45) is 23.7 Å². The van der Waals surface area contributed by atoms with Crippen LogP contribution in [-0.2, 0) is 19.6 Å². The lowest BCUT2D eigenvalue weighted by Gasteiger charge is -2.17. The van der Waals surface area contributed by atoms with Crippen molar-refractivity contribution in [1.29, 1.82) is 0 Å². The fraction of sp³-hybridized carbons (Fsp3) is 0.278. The van der Waals surface area contributed by atoms with E-state index in [9.17, 15) is 18.0 Å². The van der Waals surface area contributed by atoms with Gasteiger partial charge in [-0.3, -0.25) is 19.2 Å². The van der Waals surface area contributed by atoms with Crippen molar-refractivity contribution in [1.82, 2.24) is 4.98 Å². The molecule has 1 aliphatic heterocycles. The smallest absolute Gasteiger partial charge is 0.263 e. The Kier molecular flexibility index (Phi) is 3.54. The van der Waals surface area contributed by atoms with Crippen molar-refractivity contribution >= 4 is 44.0 Å². The van der Waals surface area contributed by atoms with Crippen molar-refractivity contribution in [3.63, 3.8) is 0 Å². The molecule has 1 N–H and O–H groups in total. The number of allylic oxidation sites excluding steroid dienone is 2. The maximum absolute atomic E-state index is 12.8. The molecule has 1 aromatic carbocycles. The predicted octanol–water partition coefficient (Wildman–Crippen LogP) is 2.26. The van der Waals surface area contributed by atoms with E-state index in [1.54, 1.807) is 5.38 Å². The first-order valence-corrected chi connectivity index (χ1v) is 10.9. The molecule has 7 nitrogen and oxygen atoms in total. The van der Waals surface area contributed by atoms with Gasteiger partial charge in [-0.05, 0) is 42.5 Å². The Hall–Kier alpha value is -2.52. The second-order valence-electron chi connectivity index (χ2n) is 6.95. The van der Waals surface area contributed by atoms with Crippen LogP contribution in [0, 0.1) is 23.7 Å². The molecule has 0 spiro atoms. The molecule has 27 heavy (non-hydrogen) atoms. The fourth-order valence-electron chi connectivity index (χ4n) is 4.38. The molecule has 1 saturated heterocycles. The lowest BCUT2D eigenvalue weighted by Crippen LogP contribution is -2.32. The molecule has 138 valence electrons. The van der Waals surface area contributed by atoms with Gasteiger partial charge < -0.3 is 0 Å². The van der Waals surface area contributed by atoms with E-state index in [1.165, 1.54) is 46.7 Å². The molecule has 9 heteroatoms. The summed E-state index contributed by atoms with van der Waals surface area (Å²) in [5, 5.41) is 1.95. The van der Waals surface area contributed by atoms with Crippen LogP contribution in [0.2, 0.25) is 0 Å². The standard InChI is InChI=1S/C18H15N3O4S2/c22-16-14-10-1-2-11(9-10)15(14)17(23)21(16)12-3-5-13(6-4-12)27(24,25)20-18-19-7-8-26-18/h1-8,10-11,14-15H,9H2,(H,19,20)/t10-,11-,14-,15+/m0/s1. The number of fused-ring (bicyclic) bond motifs is 5. The van der Waals surface area contributed by atoms with Crippen LogP contribution in [0.3, 0.4) is 0 Å². The quantitative estimate of drug-likeness (QED) is 0.626. The minimum absolute atomic E-state index is 0.0440. The van der Waals surface area contributed by atoms with E-state index in [2.05, 4.69) is 9.71 Å². The third-order valence-corrected chi connectivity index (χ3v) is 7.70. The molecule has 0 unspecified atom stereocenters. The number of aromatic nitrogens is 1. The number of nitrogens with zero attached hydrogens (tertiary/aromatic N) is 2. The lowest BCUT2D eigenvalue weighted by atomic mass is 9.85. The monoisotopic (exact) mass is 401 g/mol. The highest BCUT2D eigenvalue weighted by Crippen LogP contribution is 2.53. The van der Waals surface area contributed by atoms with Gasteiger partial charge in [-0.15, -0.1) is 11.3 Å². The van der Waals surface area contributed by atoms with Crippen LogP contribution in [0.4, 0.5) is 10.8 Å². The summed E-state index contributed by atoms with van der Waals surface area (Å²) < 4.78 is 27.2. The summed E-state index contributed by atoms with van der Waals surface area (Å²) in [6.07, 6.45) is 6.47. The van der Waals surface area contributed by atoms with Gasteiger partial charge in [0.15, 0.2) is 5.13 Å². The summed E-state index contributed by atoms with van der Waals surface area (Å²) in [5.74, 6) is -0.631. The first-order valence-electron chi connectivity index (χ1n) is 8.54. The summed E-state index contributed by atoms with van der Waals surface area (Å²) in [6.45, 7) is 0. The average Bonchev–Trinajstić information content (AvgIpc) is 3.41. The number of hydrogen-bond donors (Lipinski definition) is 1. The van der Waals surface area contributed by atoms with Crippen molar-refractivity contribution in [2.75, 3.05) is 9.62 Å². The Morgan fingerprint density at radius 1 is 1.04 bits per heavy atom. The molecule has 4 atom stereocenters. The normalized spacial score (nSPS) is 28.8. The SMILES string of the molecule is O=C1[C@@H]2[C@H](C(=O)N1c1ccc(S(=O)(=O)Nc3nccs3)cc1)[C@H]1C=C[C@H]2C1. The van der Waals surface area contributed by atoms with Gasteiger partial charge in [0, 0.05) is 11.6 Å². The summed E-state index contributed by atoms with van der Waals surface area (Å²) in [6, 6.07) is 5.80. The van der Waals surface area contributed by atoms with Crippen molar-refractivity contribution < 1.29 is 18.0 Å². The number of sulfonamides is 1. The minimum atomic E-state index is -3.77. The lowest BCUT2D eigenvalue weighted by molar-refractivity contribution is -0.123. The molecule has 1 aromatic heterocycles. The zero-order valence-corrected chi connectivity index (χ0v) is 15.6. The minimum Gasteiger partial charge on any atom is -0.274 e. The summed E-state index contributed by atoms with van der Waals surface area (Å²) in [5.41, 5.74) is 0.409. The van der Waals surface area contributed by atoms with Gasteiger partial charge in [0.1, 0.15) is 0 Å². The number of thiazole rings is 1. The Labute approximate surface area is 159 Å². The third-order valence-electron chi connectivity index (χ3n) is 5.53. The van der Waals surface area contributed by atoms with Gasteiger partial charge in [-0.25, -0.2) is 13.4 Å². The van der Waals surface area contributed by atoms with E-state index >= 15 is 0 Å². The van der Waals surface area contributed by atoms with Crippen LogP contribution in [0.25, 0.3) is 0 Å². The highest BCUT2D eigenvalue weighted by Gasteiger charge is 2.59. The highest BCUT2D eigenvalue weighted by molar-refractivity contribution is 7.93. The molecular formula is C18H15N3O4S2. The predicted molar refractivity (Wildman–Crippen MR) is 99.6 cm³/mol. The van der Waals surface area contributed by atoms with Crippen LogP contribution in [0.5, 0.6) is 0 Å². The second kappa shape index (κ2) is 5.74. The molecule has 2 amide bonds. The van der Waals surface area contributed by atoms with E-state index in [1.807, 2.05) is 12.2 Å². The zero-order chi connectivity index (χ0) is 18.8. The first kappa shape index (κ1) is 16.6. The Morgan fingerprint density at radius 3 is 2.22 bits per heavy atom. The zero-order valence-electron chi connectivity index (χ0n) is 14.0. The molecule has 5 rings (SSSR count). The number of amides is 2. The number of rotatable bonds is 4. The van der Waals surface area contributed by atoms with Crippen molar-refractivity contribution in [3.8, 4) is 0 Å². The summed E-state index contributed by atoms with van der Waals surface area (Å²) >= 11 is 1.18. The van der Waals surface area contributed by atoms with Crippen LogP contribution < -0.4 is 9.62 Å². The maximum Gasteiger partial charge on any atom is 0.263 e. The Bertz CT molecular complexity index is 1030. The molecule has 2 bridgehead atoms. The van der Waals surface area contributed by atoms with Crippen LogP contribution in [-0.4, -0.2) is 25.2 Å². The maximum atomic E-state index is 12.8. The molecular weight excluding hydrogens is 386 g/mol. The van der Waals surface area contributed by atoms with Gasteiger partial charge >= 0.3 is 0 Å². The molecule has 2 aliphatic carbocycles. The highest BCUT2D eigenvalue weighted by atomic mass is 32.2. The summed E-state index contributed by atoms with van der Waals surface area (Å²) in [4.78, 5) is 30.8. The van der Waals surface area contributed by atoms with E-state index in [4.69, 9.17) is 0 Å². The molecule has 2 fully saturated rings. The van der Waals surface area contributed by atoms with Gasteiger partial charge in [0.2, 0.25) is 11.8 Å². The molecule has 2 heterocycles. The van der Waals surface area contributed by atoms with Crippen LogP contribution >= 0.6 is 11.3 Å². The second-order valence-corrected chi connectivity index (χ2v) is 9.53. The summed E-state index contributed by atoms with van der Waals surface area (Å²) in [7, 11) is -3.77. The molecule has 1 saturated carbocycles. The number of imide groups is 1. The van der Waals surface area contributed by atoms with E-state index < -0.39 is 10.0 Å². The fourth-order valence-corrected chi connectivity index (χ4v) is 6.17. The number of benzene rings is 1. The van der Waals surface area contributed by atoms with Gasteiger partial charge in [-0.1, -0.05) is 12.2 Å². The van der Waals surface area contributed by atoms with Gasteiger partial charge in [-0.2, -0.15) is 0 Å². The molecule has 3 aliphatic rings. The Balaban J connectivity index is 1.41. The average molecular weight is 401 g/mol. The molecule has 0 radical (unpaired) electrons. The van der Waals surface area contributed by atoms with E-state index in [0.717, 1.165) is 6.42 Å². The van der Waals surface area contributed by atoms with Gasteiger partial charge in [0.25, 0.3) is 10.0 Å². The van der Waals surface area contributed by atoms with E-state index in [-0.39, 0.29) is 45.5 Å². The number of carbonyl (C=O) groups is 2. The topological polar surface area (TPSA) is 96.4 Å². The largest absolute Gasteiger partial charge is 0.274 e. The molecule has 2 aromatic rings. The van der Waals surface area contributed by atoms with E-state index in [0.29, 0.717) is 5.69 Å².